The van der Waals surface area contributed by atoms with E-state index in [-0.39, 0.29) is 11.6 Å². The van der Waals surface area contributed by atoms with Gasteiger partial charge in [0.15, 0.2) is 11.6 Å². The number of rotatable bonds is 5. The fourth-order valence-electron chi connectivity index (χ4n) is 2.13. The first-order valence-corrected chi connectivity index (χ1v) is 8.00. The minimum absolute atomic E-state index is 0.235. The van der Waals surface area contributed by atoms with Crippen molar-refractivity contribution < 1.29 is 13.5 Å². The predicted molar refractivity (Wildman–Crippen MR) is 87.0 cm³/mol. The van der Waals surface area contributed by atoms with Gasteiger partial charge in [0, 0.05) is 11.3 Å². The highest BCUT2D eigenvalue weighted by atomic mass is 32.2. The van der Waals surface area contributed by atoms with E-state index in [1.165, 1.54) is 24.9 Å². The van der Waals surface area contributed by atoms with Gasteiger partial charge < -0.3 is 9.15 Å². The maximum atomic E-state index is 13.7. The summed E-state index contributed by atoms with van der Waals surface area (Å²) in [6.07, 6.45) is 0. The normalized spacial score (nSPS) is 10.7. The van der Waals surface area contributed by atoms with Crippen LogP contribution in [0.25, 0.3) is 11.5 Å². The summed E-state index contributed by atoms with van der Waals surface area (Å²) < 4.78 is 24.2. The van der Waals surface area contributed by atoms with Crippen molar-refractivity contribution in [1.82, 2.24) is 10.2 Å². The molecule has 3 aromatic rings. The van der Waals surface area contributed by atoms with Gasteiger partial charge in [-0.1, -0.05) is 36.0 Å². The van der Waals surface area contributed by atoms with Crippen LogP contribution in [-0.4, -0.2) is 17.3 Å². The Balaban J connectivity index is 1.70. The minimum Gasteiger partial charge on any atom is -0.494 e. The van der Waals surface area contributed by atoms with E-state index in [0.29, 0.717) is 16.9 Å². The number of ether oxygens (including phenoxy) is 1. The maximum Gasteiger partial charge on any atom is 0.277 e. The van der Waals surface area contributed by atoms with Crippen LogP contribution in [0.5, 0.6) is 5.75 Å². The van der Waals surface area contributed by atoms with Gasteiger partial charge in [-0.05, 0) is 36.2 Å². The molecular formula is C17H15FN2O2S. The Hall–Kier alpha value is -2.34. The molecule has 0 atom stereocenters. The molecule has 4 nitrogen and oxygen atoms in total. The van der Waals surface area contributed by atoms with Crippen molar-refractivity contribution in [2.75, 3.05) is 7.11 Å². The number of methoxy groups -OCH3 is 1. The monoisotopic (exact) mass is 330 g/mol. The van der Waals surface area contributed by atoms with Gasteiger partial charge in [0.25, 0.3) is 5.22 Å². The van der Waals surface area contributed by atoms with Crippen molar-refractivity contribution >= 4 is 11.8 Å². The first kappa shape index (κ1) is 15.6. The van der Waals surface area contributed by atoms with Crippen LogP contribution in [0.3, 0.4) is 0 Å². The first-order valence-electron chi connectivity index (χ1n) is 7.02. The fraction of sp³-hybridized carbons (Fsp3) is 0.176. The van der Waals surface area contributed by atoms with Crippen LogP contribution >= 0.6 is 11.8 Å². The van der Waals surface area contributed by atoms with Gasteiger partial charge in [0.1, 0.15) is 0 Å². The molecule has 0 aliphatic heterocycles. The lowest BCUT2D eigenvalue weighted by Crippen LogP contribution is -1.90. The first-order chi connectivity index (χ1) is 11.2. The van der Waals surface area contributed by atoms with E-state index in [1.54, 1.807) is 6.07 Å². The molecule has 0 bridgehead atoms. The van der Waals surface area contributed by atoms with Crippen molar-refractivity contribution in [1.29, 1.82) is 0 Å². The van der Waals surface area contributed by atoms with Gasteiger partial charge in [0.2, 0.25) is 5.89 Å². The molecule has 0 aliphatic rings. The lowest BCUT2D eigenvalue weighted by Gasteiger charge is -2.03. The van der Waals surface area contributed by atoms with E-state index in [4.69, 9.17) is 9.15 Å². The molecule has 0 amide bonds. The highest BCUT2D eigenvalue weighted by Gasteiger charge is 2.11. The third-order valence-corrected chi connectivity index (χ3v) is 4.25. The van der Waals surface area contributed by atoms with Gasteiger partial charge in [-0.3, -0.25) is 0 Å². The number of hydrogen-bond acceptors (Lipinski definition) is 5. The Labute approximate surface area is 137 Å². The number of aromatic nitrogens is 2. The molecule has 1 aromatic heterocycles. The van der Waals surface area contributed by atoms with E-state index in [0.717, 1.165) is 16.7 Å². The number of nitrogens with zero attached hydrogens (tertiary/aromatic N) is 2. The summed E-state index contributed by atoms with van der Waals surface area (Å²) in [7, 11) is 1.44. The Morgan fingerprint density at radius 2 is 2.00 bits per heavy atom. The second-order valence-electron chi connectivity index (χ2n) is 4.95. The zero-order valence-corrected chi connectivity index (χ0v) is 13.6. The summed E-state index contributed by atoms with van der Waals surface area (Å²) >= 11 is 1.37. The molecule has 0 saturated carbocycles. The van der Waals surface area contributed by atoms with Gasteiger partial charge in [-0.25, -0.2) is 4.39 Å². The molecule has 3 rings (SSSR count). The van der Waals surface area contributed by atoms with Crippen LogP contribution in [0.4, 0.5) is 4.39 Å². The molecule has 2 aromatic carbocycles. The molecule has 118 valence electrons. The highest BCUT2D eigenvalue weighted by Crippen LogP contribution is 2.28. The van der Waals surface area contributed by atoms with Crippen molar-refractivity contribution in [3.05, 3.63) is 59.4 Å². The van der Waals surface area contributed by atoms with Crippen LogP contribution in [0.15, 0.2) is 52.1 Å². The standard InChI is InChI=1S/C17H15FN2O2S/c1-11-5-3-4-6-13(11)16-19-20-17(22-16)23-10-12-7-8-15(21-2)14(18)9-12/h3-9H,10H2,1-2H3. The zero-order chi connectivity index (χ0) is 16.2. The van der Waals surface area contributed by atoms with Crippen molar-refractivity contribution in [3.63, 3.8) is 0 Å². The topological polar surface area (TPSA) is 48.2 Å². The molecule has 0 aliphatic carbocycles. The van der Waals surface area contributed by atoms with Crippen LogP contribution in [-0.2, 0) is 5.75 Å². The van der Waals surface area contributed by atoms with Gasteiger partial charge in [0.05, 0.1) is 7.11 Å². The number of halogens is 1. The Morgan fingerprint density at radius 1 is 1.17 bits per heavy atom. The molecule has 6 heteroatoms. The molecule has 0 radical (unpaired) electrons. The average Bonchev–Trinajstić information content (AvgIpc) is 3.02. The fourth-order valence-corrected chi connectivity index (χ4v) is 2.84. The number of hydrogen-bond donors (Lipinski definition) is 0. The summed E-state index contributed by atoms with van der Waals surface area (Å²) in [5.41, 5.74) is 2.82. The molecule has 23 heavy (non-hydrogen) atoms. The molecule has 0 N–H and O–H groups in total. The Bertz CT molecular complexity index is 820. The smallest absolute Gasteiger partial charge is 0.277 e. The van der Waals surface area contributed by atoms with Crippen LogP contribution in [0, 0.1) is 12.7 Å². The molecular weight excluding hydrogens is 315 g/mol. The number of thioether (sulfide) groups is 1. The highest BCUT2D eigenvalue weighted by molar-refractivity contribution is 7.98. The van der Waals surface area contributed by atoms with Gasteiger partial charge in [-0.2, -0.15) is 0 Å². The van der Waals surface area contributed by atoms with Crippen LogP contribution in [0.2, 0.25) is 0 Å². The van der Waals surface area contributed by atoms with Crippen LogP contribution in [0.1, 0.15) is 11.1 Å². The van der Waals surface area contributed by atoms with E-state index >= 15 is 0 Å². The quantitative estimate of drug-likeness (QED) is 0.645. The summed E-state index contributed by atoms with van der Waals surface area (Å²) in [5, 5.41) is 8.56. The second kappa shape index (κ2) is 6.83. The zero-order valence-electron chi connectivity index (χ0n) is 12.7. The summed E-state index contributed by atoms with van der Waals surface area (Å²) in [4.78, 5) is 0. The maximum absolute atomic E-state index is 13.7. The molecule has 0 spiro atoms. The SMILES string of the molecule is COc1ccc(CSc2nnc(-c3ccccc3C)o2)cc1F. The molecule has 1 heterocycles. The number of benzene rings is 2. The van der Waals surface area contributed by atoms with Crippen molar-refractivity contribution in [3.8, 4) is 17.2 Å². The van der Waals surface area contributed by atoms with Crippen LogP contribution < -0.4 is 4.74 Å². The van der Waals surface area contributed by atoms with Gasteiger partial charge >= 0.3 is 0 Å². The molecule has 0 saturated heterocycles. The van der Waals surface area contributed by atoms with E-state index < -0.39 is 0 Å². The predicted octanol–water partition coefficient (Wildman–Crippen LogP) is 4.49. The van der Waals surface area contributed by atoms with E-state index in [2.05, 4.69) is 10.2 Å². The average molecular weight is 330 g/mol. The molecule has 0 fully saturated rings. The minimum atomic E-state index is -0.378. The lowest BCUT2D eigenvalue weighted by atomic mass is 10.1. The lowest BCUT2D eigenvalue weighted by molar-refractivity contribution is 0.386. The van der Waals surface area contributed by atoms with E-state index in [1.807, 2.05) is 37.3 Å². The van der Waals surface area contributed by atoms with Crippen molar-refractivity contribution in [2.24, 2.45) is 0 Å². The second-order valence-corrected chi connectivity index (χ2v) is 5.87. The molecule has 0 unspecified atom stereocenters. The summed E-state index contributed by atoms with van der Waals surface area (Å²) in [6, 6.07) is 12.7. The Kier molecular flexibility index (Phi) is 4.62. The Morgan fingerprint density at radius 3 is 2.74 bits per heavy atom. The van der Waals surface area contributed by atoms with E-state index in [9.17, 15) is 4.39 Å². The van der Waals surface area contributed by atoms with Gasteiger partial charge in [-0.15, -0.1) is 10.2 Å². The summed E-state index contributed by atoms with van der Waals surface area (Å²) in [6.45, 7) is 1.99. The summed E-state index contributed by atoms with van der Waals surface area (Å²) in [5.74, 6) is 0.887. The number of aryl methyl sites for hydroxylation is 1. The third kappa shape index (κ3) is 3.53. The third-order valence-electron chi connectivity index (χ3n) is 3.36. The van der Waals surface area contributed by atoms with Crippen molar-refractivity contribution in [2.45, 2.75) is 17.9 Å². The largest absolute Gasteiger partial charge is 0.494 e.